The van der Waals surface area contributed by atoms with Crippen LogP contribution in [0.3, 0.4) is 0 Å². The van der Waals surface area contributed by atoms with E-state index in [0.717, 1.165) is 6.54 Å². The molecule has 0 aromatic heterocycles. The Morgan fingerprint density at radius 3 is 2.31 bits per heavy atom. The van der Waals surface area contributed by atoms with Gasteiger partial charge in [0, 0.05) is 11.0 Å². The number of likely N-dealkylation sites (N-methyl/N-ethyl adjacent to an activating group) is 1. The van der Waals surface area contributed by atoms with Gasteiger partial charge in [-0.05, 0) is 40.4 Å². The van der Waals surface area contributed by atoms with Crippen LogP contribution in [0.15, 0.2) is 83.3 Å². The van der Waals surface area contributed by atoms with Crippen LogP contribution in [-0.4, -0.2) is 13.6 Å². The molecular weight excluding hydrogens is 401 g/mol. The van der Waals surface area contributed by atoms with Crippen molar-refractivity contribution in [2.75, 3.05) is 13.6 Å². The summed E-state index contributed by atoms with van der Waals surface area (Å²) >= 11 is 3.85. The Balaban J connectivity index is 1.85. The summed E-state index contributed by atoms with van der Waals surface area (Å²) in [7, 11) is 2.69. The van der Waals surface area contributed by atoms with Crippen molar-refractivity contribution >= 4 is 41.2 Å². The minimum atomic E-state index is -0.138. The maximum Gasteiger partial charge on any atom is 0.0526 e. The van der Waals surface area contributed by atoms with Gasteiger partial charge < -0.3 is 5.32 Å². The van der Waals surface area contributed by atoms with Crippen LogP contribution in [0.2, 0.25) is 0 Å². The Morgan fingerprint density at radius 1 is 0.923 bits per heavy atom. The predicted molar refractivity (Wildman–Crippen MR) is 118 cm³/mol. The van der Waals surface area contributed by atoms with Crippen molar-refractivity contribution in [2.24, 2.45) is 0 Å². The molecule has 3 aromatic carbocycles. The van der Waals surface area contributed by atoms with Crippen molar-refractivity contribution in [1.29, 1.82) is 0 Å². The van der Waals surface area contributed by atoms with Gasteiger partial charge in [-0.2, -0.15) is 0 Å². The van der Waals surface area contributed by atoms with Gasteiger partial charge in [0.15, 0.2) is 0 Å². The molecular formula is C23H21BrNP. The average Bonchev–Trinajstić information content (AvgIpc) is 3.08. The number of rotatable bonds is 5. The van der Waals surface area contributed by atoms with E-state index in [9.17, 15) is 0 Å². The molecule has 2 unspecified atom stereocenters. The topological polar surface area (TPSA) is 12.0 Å². The van der Waals surface area contributed by atoms with E-state index in [2.05, 4.69) is 106 Å². The molecule has 3 heteroatoms. The van der Waals surface area contributed by atoms with Crippen LogP contribution in [0.25, 0.3) is 6.08 Å². The number of fused-ring (bicyclic) bond motifs is 1. The Hall–Kier alpha value is -1.73. The molecule has 1 aliphatic carbocycles. The molecule has 1 N–H and O–H groups in total. The van der Waals surface area contributed by atoms with Crippen molar-refractivity contribution < 1.29 is 0 Å². The lowest BCUT2D eigenvalue weighted by molar-refractivity contribution is 0.595. The summed E-state index contributed by atoms with van der Waals surface area (Å²) in [6, 6.07) is 26.0. The van der Waals surface area contributed by atoms with Gasteiger partial charge in [0.1, 0.15) is 0 Å². The maximum absolute atomic E-state index is 3.85. The zero-order valence-corrected chi connectivity index (χ0v) is 17.3. The molecule has 1 aliphatic rings. The van der Waals surface area contributed by atoms with Crippen molar-refractivity contribution in [2.45, 2.75) is 5.41 Å². The SMILES string of the molecule is CNCC1(c2ccccc2)C=Cc2c(Pc3ccccc3)ccc(Br)c21. The molecule has 130 valence electrons. The quantitative estimate of drug-likeness (QED) is 0.593. The second kappa shape index (κ2) is 7.48. The normalized spacial score (nSPS) is 18.5. The fourth-order valence-electron chi connectivity index (χ4n) is 3.82. The lowest BCUT2D eigenvalue weighted by Crippen LogP contribution is -2.36. The highest BCUT2D eigenvalue weighted by Crippen LogP contribution is 2.45. The molecule has 26 heavy (non-hydrogen) atoms. The van der Waals surface area contributed by atoms with Gasteiger partial charge in [-0.15, -0.1) is 0 Å². The molecule has 0 aliphatic heterocycles. The summed E-state index contributed by atoms with van der Waals surface area (Å²) in [5.41, 5.74) is 3.92. The Labute approximate surface area is 165 Å². The summed E-state index contributed by atoms with van der Waals surface area (Å²) in [6.45, 7) is 0.872. The first kappa shape index (κ1) is 17.7. The second-order valence-corrected chi connectivity index (χ2v) is 8.80. The Bertz CT molecular complexity index is 937. The smallest absolute Gasteiger partial charge is 0.0526 e. The number of hydrogen-bond donors (Lipinski definition) is 1. The molecule has 0 heterocycles. The van der Waals surface area contributed by atoms with E-state index in [1.165, 1.54) is 31.8 Å². The van der Waals surface area contributed by atoms with Gasteiger partial charge in [-0.3, -0.25) is 0 Å². The Kier molecular flexibility index (Phi) is 5.09. The first-order valence-electron chi connectivity index (χ1n) is 8.79. The zero-order valence-electron chi connectivity index (χ0n) is 14.7. The van der Waals surface area contributed by atoms with Crippen LogP contribution in [0.5, 0.6) is 0 Å². The molecule has 0 saturated carbocycles. The van der Waals surface area contributed by atoms with Crippen LogP contribution in [0.4, 0.5) is 0 Å². The molecule has 0 saturated heterocycles. The van der Waals surface area contributed by atoms with Crippen molar-refractivity contribution in [3.05, 3.63) is 100 Å². The lowest BCUT2D eigenvalue weighted by atomic mass is 9.76. The largest absolute Gasteiger partial charge is 0.318 e. The van der Waals surface area contributed by atoms with Crippen LogP contribution in [0.1, 0.15) is 16.7 Å². The van der Waals surface area contributed by atoms with Gasteiger partial charge in [-0.1, -0.05) is 103 Å². The fourth-order valence-corrected chi connectivity index (χ4v) is 5.70. The molecule has 0 spiro atoms. The van der Waals surface area contributed by atoms with Gasteiger partial charge in [0.2, 0.25) is 0 Å². The van der Waals surface area contributed by atoms with Crippen molar-refractivity contribution in [3.8, 4) is 0 Å². The van der Waals surface area contributed by atoms with E-state index >= 15 is 0 Å². The molecule has 0 fully saturated rings. The number of nitrogens with one attached hydrogen (secondary N) is 1. The molecule has 1 nitrogen and oxygen atoms in total. The van der Waals surface area contributed by atoms with Crippen molar-refractivity contribution in [3.63, 3.8) is 0 Å². The van der Waals surface area contributed by atoms with Crippen LogP contribution < -0.4 is 15.9 Å². The van der Waals surface area contributed by atoms with Crippen LogP contribution in [-0.2, 0) is 5.41 Å². The maximum atomic E-state index is 3.85. The highest BCUT2D eigenvalue weighted by molar-refractivity contribution is 9.10. The molecule has 0 radical (unpaired) electrons. The number of hydrogen-bond acceptors (Lipinski definition) is 1. The molecule has 4 rings (SSSR count). The highest BCUT2D eigenvalue weighted by atomic mass is 79.9. The van der Waals surface area contributed by atoms with Crippen LogP contribution >= 0.6 is 24.5 Å². The summed E-state index contributed by atoms with van der Waals surface area (Å²) in [6.07, 6.45) is 4.68. The lowest BCUT2D eigenvalue weighted by Gasteiger charge is -2.31. The third-order valence-corrected chi connectivity index (χ3v) is 6.96. The predicted octanol–water partition coefficient (Wildman–Crippen LogP) is 4.61. The minimum absolute atomic E-state index is 0.138. The summed E-state index contributed by atoms with van der Waals surface area (Å²) < 4.78 is 1.18. The van der Waals surface area contributed by atoms with Crippen molar-refractivity contribution in [1.82, 2.24) is 5.32 Å². The van der Waals surface area contributed by atoms with Gasteiger partial charge in [-0.25, -0.2) is 0 Å². The van der Waals surface area contributed by atoms with Gasteiger partial charge in [0.25, 0.3) is 0 Å². The highest BCUT2D eigenvalue weighted by Gasteiger charge is 2.38. The first-order valence-corrected chi connectivity index (χ1v) is 10.6. The van der Waals surface area contributed by atoms with E-state index in [1.807, 2.05) is 7.05 Å². The summed E-state index contributed by atoms with van der Waals surface area (Å²) in [5.74, 6) is 0. The van der Waals surface area contributed by atoms with E-state index in [-0.39, 0.29) is 5.41 Å². The third-order valence-electron chi connectivity index (χ3n) is 4.97. The number of benzene rings is 3. The minimum Gasteiger partial charge on any atom is -0.318 e. The van der Waals surface area contributed by atoms with E-state index in [0.29, 0.717) is 8.58 Å². The zero-order chi connectivity index (χ0) is 18.0. The first-order chi connectivity index (χ1) is 12.7. The third kappa shape index (κ3) is 3.07. The standard InChI is InChI=1S/C23H21BrNP/c1-25-16-23(17-8-4-2-5-9-17)15-14-19-21(13-12-20(24)22(19)23)26-18-10-6-3-7-11-18/h2-15,25-26H,16H2,1H3. The number of halogens is 1. The molecule has 2 atom stereocenters. The van der Waals surface area contributed by atoms with Crippen LogP contribution in [0, 0.1) is 0 Å². The molecule has 0 bridgehead atoms. The summed E-state index contributed by atoms with van der Waals surface area (Å²) in [4.78, 5) is 0. The molecule has 3 aromatic rings. The van der Waals surface area contributed by atoms with E-state index in [4.69, 9.17) is 0 Å². The monoisotopic (exact) mass is 421 g/mol. The van der Waals surface area contributed by atoms with E-state index in [1.54, 1.807) is 0 Å². The van der Waals surface area contributed by atoms with Gasteiger partial charge in [0.05, 0.1) is 5.41 Å². The van der Waals surface area contributed by atoms with Gasteiger partial charge >= 0.3 is 0 Å². The fraction of sp³-hybridized carbons (Fsp3) is 0.130. The average molecular weight is 422 g/mol. The summed E-state index contributed by atoms with van der Waals surface area (Å²) in [5, 5.41) is 6.19. The van der Waals surface area contributed by atoms with E-state index < -0.39 is 0 Å². The second-order valence-electron chi connectivity index (χ2n) is 6.58. The molecule has 0 amide bonds. The Morgan fingerprint density at radius 2 is 1.62 bits per heavy atom.